The molecule has 3 aromatic rings. The van der Waals surface area contributed by atoms with Crippen LogP contribution in [0.1, 0.15) is 35.9 Å². The lowest BCUT2D eigenvalue weighted by Crippen LogP contribution is -2.28. The average molecular weight is 391 g/mol. The monoisotopic (exact) mass is 391 g/mol. The highest BCUT2D eigenvalue weighted by atomic mass is 16.5. The van der Waals surface area contributed by atoms with Crippen molar-refractivity contribution in [1.82, 2.24) is 10.1 Å². The summed E-state index contributed by atoms with van der Waals surface area (Å²) in [6.45, 7) is 2.38. The summed E-state index contributed by atoms with van der Waals surface area (Å²) in [6, 6.07) is 18.8. The summed E-state index contributed by atoms with van der Waals surface area (Å²) in [7, 11) is 1.77. The fourth-order valence-electron chi connectivity index (χ4n) is 2.97. The molecule has 0 saturated heterocycles. The highest BCUT2D eigenvalue weighted by Gasteiger charge is 2.13. The molecular weight excluding hydrogens is 366 g/mol. The van der Waals surface area contributed by atoms with Crippen molar-refractivity contribution in [1.29, 1.82) is 0 Å². The minimum Gasteiger partial charge on any atom is -0.361 e. The molecule has 29 heavy (non-hydrogen) atoms. The van der Waals surface area contributed by atoms with Gasteiger partial charge in [-0.05, 0) is 24.6 Å². The summed E-state index contributed by atoms with van der Waals surface area (Å²) >= 11 is 0. The lowest BCUT2D eigenvalue weighted by Gasteiger charge is -2.17. The van der Waals surface area contributed by atoms with Gasteiger partial charge in [0.2, 0.25) is 5.91 Å². The Morgan fingerprint density at radius 1 is 1.07 bits per heavy atom. The topological polar surface area (TPSA) is 75.4 Å². The standard InChI is InChI=1S/C23H25N3O3/c1-3-22(27)24-19-12-7-11-18(15-19)23(28)26(2)14-8-13-20-16-21(25-29-20)17-9-5-4-6-10-17/h4-7,9-12,15-16H,3,8,13-14H2,1-2H3,(H,24,27). The van der Waals surface area contributed by atoms with Crippen LogP contribution in [0.15, 0.2) is 65.2 Å². The molecule has 1 aromatic heterocycles. The second-order valence-corrected chi connectivity index (χ2v) is 6.86. The van der Waals surface area contributed by atoms with Crippen LogP contribution >= 0.6 is 0 Å². The van der Waals surface area contributed by atoms with Gasteiger partial charge in [-0.1, -0.05) is 48.5 Å². The number of carbonyl (C=O) groups is 2. The van der Waals surface area contributed by atoms with Crippen LogP contribution in [0.2, 0.25) is 0 Å². The molecule has 0 aliphatic rings. The second kappa shape index (κ2) is 9.68. The van der Waals surface area contributed by atoms with Gasteiger partial charge >= 0.3 is 0 Å². The zero-order chi connectivity index (χ0) is 20.6. The molecule has 0 unspecified atom stereocenters. The first kappa shape index (κ1) is 20.3. The minimum atomic E-state index is -0.0832. The molecule has 0 saturated carbocycles. The summed E-state index contributed by atoms with van der Waals surface area (Å²) in [5, 5.41) is 6.89. The van der Waals surface area contributed by atoms with Gasteiger partial charge < -0.3 is 14.7 Å². The Hall–Kier alpha value is -3.41. The molecule has 2 amide bonds. The van der Waals surface area contributed by atoms with E-state index >= 15 is 0 Å². The van der Waals surface area contributed by atoms with Crippen molar-refractivity contribution in [3.05, 3.63) is 72.0 Å². The highest BCUT2D eigenvalue weighted by molar-refractivity contribution is 5.97. The molecule has 0 radical (unpaired) electrons. The number of rotatable bonds is 8. The number of carbonyl (C=O) groups excluding carboxylic acids is 2. The van der Waals surface area contributed by atoms with Crippen LogP contribution in [0.25, 0.3) is 11.3 Å². The van der Waals surface area contributed by atoms with Gasteiger partial charge in [-0.15, -0.1) is 0 Å². The van der Waals surface area contributed by atoms with Crippen LogP contribution < -0.4 is 5.32 Å². The van der Waals surface area contributed by atoms with E-state index in [1.54, 1.807) is 43.1 Å². The molecule has 150 valence electrons. The van der Waals surface area contributed by atoms with E-state index < -0.39 is 0 Å². The summed E-state index contributed by atoms with van der Waals surface area (Å²) in [5.74, 6) is 0.638. The Morgan fingerprint density at radius 2 is 1.86 bits per heavy atom. The van der Waals surface area contributed by atoms with E-state index in [1.807, 2.05) is 36.4 Å². The summed E-state index contributed by atoms with van der Waals surface area (Å²) < 4.78 is 5.42. The van der Waals surface area contributed by atoms with Gasteiger partial charge in [0.15, 0.2) is 0 Å². The van der Waals surface area contributed by atoms with E-state index in [-0.39, 0.29) is 11.8 Å². The lowest BCUT2D eigenvalue weighted by atomic mass is 10.1. The van der Waals surface area contributed by atoms with E-state index in [4.69, 9.17) is 4.52 Å². The first-order valence-electron chi connectivity index (χ1n) is 9.73. The molecule has 0 aliphatic carbocycles. The molecule has 1 N–H and O–H groups in total. The number of aryl methyl sites for hydroxylation is 1. The summed E-state index contributed by atoms with van der Waals surface area (Å²) in [4.78, 5) is 25.9. The largest absolute Gasteiger partial charge is 0.361 e. The number of hydrogen-bond acceptors (Lipinski definition) is 4. The van der Waals surface area contributed by atoms with Crippen molar-refractivity contribution in [3.8, 4) is 11.3 Å². The van der Waals surface area contributed by atoms with Gasteiger partial charge in [0.25, 0.3) is 5.91 Å². The normalized spacial score (nSPS) is 10.6. The molecule has 6 heteroatoms. The number of aromatic nitrogens is 1. The molecular formula is C23H25N3O3. The van der Waals surface area contributed by atoms with Crippen molar-refractivity contribution in [2.45, 2.75) is 26.2 Å². The number of benzene rings is 2. The quantitative estimate of drug-likeness (QED) is 0.618. The SMILES string of the molecule is CCC(=O)Nc1cccc(C(=O)N(C)CCCc2cc(-c3ccccc3)no2)c1. The second-order valence-electron chi connectivity index (χ2n) is 6.86. The van der Waals surface area contributed by atoms with Crippen LogP contribution in [0.5, 0.6) is 0 Å². The third kappa shape index (κ3) is 5.54. The molecule has 0 atom stereocenters. The molecule has 1 heterocycles. The fourth-order valence-corrected chi connectivity index (χ4v) is 2.97. The third-order valence-corrected chi connectivity index (χ3v) is 4.61. The van der Waals surface area contributed by atoms with E-state index in [2.05, 4.69) is 10.5 Å². The highest BCUT2D eigenvalue weighted by Crippen LogP contribution is 2.19. The van der Waals surface area contributed by atoms with Crippen molar-refractivity contribution < 1.29 is 14.1 Å². The Kier molecular flexibility index (Phi) is 6.79. The van der Waals surface area contributed by atoms with Crippen molar-refractivity contribution >= 4 is 17.5 Å². The lowest BCUT2D eigenvalue weighted by molar-refractivity contribution is -0.115. The van der Waals surface area contributed by atoms with Crippen LogP contribution in [0.3, 0.4) is 0 Å². The van der Waals surface area contributed by atoms with Gasteiger partial charge in [0, 0.05) is 49.3 Å². The maximum Gasteiger partial charge on any atom is 0.253 e. The van der Waals surface area contributed by atoms with E-state index in [0.29, 0.717) is 30.6 Å². The zero-order valence-corrected chi connectivity index (χ0v) is 16.7. The maximum absolute atomic E-state index is 12.7. The van der Waals surface area contributed by atoms with Crippen LogP contribution in [-0.2, 0) is 11.2 Å². The van der Waals surface area contributed by atoms with E-state index in [0.717, 1.165) is 23.4 Å². The molecule has 0 bridgehead atoms. The zero-order valence-electron chi connectivity index (χ0n) is 16.7. The Labute approximate surface area is 170 Å². The average Bonchev–Trinajstić information content (AvgIpc) is 3.22. The smallest absolute Gasteiger partial charge is 0.253 e. The Morgan fingerprint density at radius 3 is 2.62 bits per heavy atom. The molecule has 6 nitrogen and oxygen atoms in total. The van der Waals surface area contributed by atoms with Gasteiger partial charge in [0.1, 0.15) is 11.5 Å². The van der Waals surface area contributed by atoms with Gasteiger partial charge in [0.05, 0.1) is 0 Å². The number of nitrogens with zero attached hydrogens (tertiary/aromatic N) is 2. The van der Waals surface area contributed by atoms with Gasteiger partial charge in [-0.2, -0.15) is 0 Å². The maximum atomic E-state index is 12.7. The van der Waals surface area contributed by atoms with Crippen LogP contribution in [0.4, 0.5) is 5.69 Å². The predicted octanol–water partition coefficient (Wildman–Crippen LogP) is 4.39. The van der Waals surface area contributed by atoms with Gasteiger partial charge in [-0.3, -0.25) is 9.59 Å². The Balaban J connectivity index is 1.52. The first-order valence-corrected chi connectivity index (χ1v) is 9.73. The van der Waals surface area contributed by atoms with Crippen LogP contribution in [0, 0.1) is 0 Å². The fraction of sp³-hybridized carbons (Fsp3) is 0.261. The molecule has 0 aliphatic heterocycles. The molecule has 2 aromatic carbocycles. The van der Waals surface area contributed by atoms with E-state index in [9.17, 15) is 9.59 Å². The van der Waals surface area contributed by atoms with Crippen molar-refractivity contribution in [2.75, 3.05) is 18.9 Å². The van der Waals surface area contributed by atoms with E-state index in [1.165, 1.54) is 0 Å². The summed E-state index contributed by atoms with van der Waals surface area (Å²) in [5.41, 5.74) is 3.01. The predicted molar refractivity (Wildman–Crippen MR) is 113 cm³/mol. The molecule has 0 fully saturated rings. The minimum absolute atomic E-state index is 0.0788. The number of nitrogens with one attached hydrogen (secondary N) is 1. The summed E-state index contributed by atoms with van der Waals surface area (Å²) in [6.07, 6.45) is 1.85. The van der Waals surface area contributed by atoms with Crippen molar-refractivity contribution in [3.63, 3.8) is 0 Å². The van der Waals surface area contributed by atoms with Crippen LogP contribution in [-0.4, -0.2) is 35.5 Å². The number of amides is 2. The Bertz CT molecular complexity index is 966. The molecule has 3 rings (SSSR count). The van der Waals surface area contributed by atoms with Crippen molar-refractivity contribution in [2.24, 2.45) is 0 Å². The number of anilines is 1. The first-order chi connectivity index (χ1) is 14.1. The third-order valence-electron chi connectivity index (χ3n) is 4.61. The van der Waals surface area contributed by atoms with Gasteiger partial charge in [-0.25, -0.2) is 0 Å². The number of hydrogen-bond donors (Lipinski definition) is 1. The molecule has 0 spiro atoms.